The molecule has 4 aromatic heterocycles. The fraction of sp³-hybridized carbons (Fsp3) is 0.123. The summed E-state index contributed by atoms with van der Waals surface area (Å²) in [7, 11) is 0. The summed E-state index contributed by atoms with van der Waals surface area (Å²) in [6.07, 6.45) is 1.13. The van der Waals surface area contributed by atoms with E-state index in [-0.39, 0.29) is 81.1 Å². The number of aromatic nitrogens is 6. The van der Waals surface area contributed by atoms with Crippen LogP contribution in [-0.2, 0) is 63.8 Å². The Bertz CT molecular complexity index is 8860. The minimum absolute atomic E-state index is 0. The third kappa shape index (κ3) is 19.7. The van der Waals surface area contributed by atoms with E-state index in [1.807, 2.05) is 144 Å². The molecule has 8 nitrogen and oxygen atoms in total. The molecule has 21 rings (SSSR count). The SMILES string of the molecule is CC(C)(C)c1ccc(-c2cc(-c3cc(-c4ccc(-c5ccccc5)cc4)ccn3)[c-]c(-c3cccc4c3nc(-c3ccccc3O)n4-c3cc(-c4ccccc4)c(C(C)(C)C)cc3-c3ccccc3)c2)cc1.[2H]c1nc(-c2[c-]c(-c3cccc4c3nc(-c3ccccc3O)n4-c3cc(-c4ccccc4)c(C(C)(C)C)cc3-c3ccccc3)cc(-c3ccccc3)c2)c([2H])c(-c2c([2H])c([2H])c(C(C([2H])([2H])[2H])(C([2H])([2H])[2H])C([2H])([2H])[2H])c([2H])c2[2H])c1[2H].[Pt].[Pt]. The van der Waals surface area contributed by atoms with E-state index >= 15 is 0 Å². The average molecular weight is 2190 g/mol. The van der Waals surface area contributed by atoms with Gasteiger partial charge in [0.1, 0.15) is 23.1 Å². The fourth-order valence-corrected chi connectivity index (χ4v) is 18.3. The normalized spacial score (nSPS) is 13.6. The summed E-state index contributed by atoms with van der Waals surface area (Å²) in [5.74, 6) is 1.18. The van der Waals surface area contributed by atoms with Gasteiger partial charge in [-0.05, 0) is 195 Å². The van der Waals surface area contributed by atoms with E-state index in [1.165, 1.54) is 22.3 Å². The molecule has 692 valence electrons. The maximum Gasteiger partial charge on any atom is 0.148 e. The van der Waals surface area contributed by atoms with Crippen LogP contribution in [0, 0.1) is 12.1 Å². The maximum absolute atomic E-state index is 11.7. The van der Waals surface area contributed by atoms with E-state index in [2.05, 4.69) is 296 Å². The molecule has 0 fully saturated rings. The second-order valence-corrected chi connectivity index (χ2v) is 37.9. The quantitative estimate of drug-likeness (QED) is 0.0881. The van der Waals surface area contributed by atoms with E-state index in [4.69, 9.17) is 32.8 Å². The predicted octanol–water partition coefficient (Wildman–Crippen LogP) is 34.0. The average Bonchev–Trinajstić information content (AvgIpc) is 1.26. The molecule has 0 radical (unpaired) electrons. The summed E-state index contributed by atoms with van der Waals surface area (Å²) >= 11 is 0. The van der Waals surface area contributed by atoms with Crippen molar-refractivity contribution < 1.29 is 74.3 Å². The standard InChI is InChI=1S/C68H56N3O.C62H52N3O.2Pt/c1-67(2,3)55-35-33-48(34-36-55)52-39-53(41-54(40-52)61-42-51(37-38-69-61)47-31-29-46(30-32-47)45-19-10-7-11-20-45)56-26-18-27-62-65(56)70-66(57-25-16-17-28-64(57)72)71(62)63-44-58(49-21-12-8-13-22-49)60(68(4,5)6)43-59(63)50-23-14-9-15-24-50;1-61(2,3)49-31-29-42(30-32-49)45-33-34-63-55(38-45)48-36-46(41-19-10-7-11-20-41)35-47(37-48)50-26-18-27-56-59(50)64-60(51-25-16-17-28-58(51)66)65(56)57-40-52(43-21-12-8-13-22-43)54(62(4,5)6)39-53(57)44-23-14-9-15-24-44;;/h7-40,42-44,72H,1-6H3;7-36,38-40,66H,1-6H3;;/q2*-1;;/i;1D3,2D3,3D3,29D,30D,31D,32D,33D,34D,38D;;. The zero-order valence-corrected chi connectivity index (χ0v) is 83.1. The van der Waals surface area contributed by atoms with E-state index in [1.54, 1.807) is 30.3 Å². The van der Waals surface area contributed by atoms with Crippen molar-refractivity contribution in [3.05, 3.63) is 459 Å². The second kappa shape index (κ2) is 39.8. The summed E-state index contributed by atoms with van der Waals surface area (Å²) in [6, 6.07) is 127. The molecule has 0 saturated carbocycles. The number of benzene rings is 17. The molecule has 21 aromatic rings. The molecule has 0 aliphatic heterocycles. The number of hydrogen-bond donors (Lipinski definition) is 2. The Hall–Kier alpha value is -15.0. The predicted molar refractivity (Wildman–Crippen MR) is 575 cm³/mol. The number of imidazole rings is 2. The van der Waals surface area contributed by atoms with Gasteiger partial charge >= 0.3 is 0 Å². The Kier molecular flexibility index (Phi) is 21.9. The number of pyridine rings is 2. The molecule has 0 unspecified atom stereocenters. The molecular weight excluding hydrogens is 2070 g/mol. The molecule has 0 bridgehead atoms. The number of para-hydroxylation sites is 4. The Morgan fingerprint density at radius 1 is 0.271 bits per heavy atom. The van der Waals surface area contributed by atoms with Crippen LogP contribution in [0.4, 0.5) is 0 Å². The topological polar surface area (TPSA) is 102 Å². The van der Waals surface area contributed by atoms with Crippen molar-refractivity contribution in [1.29, 1.82) is 0 Å². The van der Waals surface area contributed by atoms with Crippen LogP contribution >= 0.6 is 0 Å². The van der Waals surface area contributed by atoms with Crippen molar-refractivity contribution in [3.8, 4) is 191 Å². The van der Waals surface area contributed by atoms with E-state index in [9.17, 15) is 14.3 Å². The minimum Gasteiger partial charge on any atom is -0.507 e. The molecule has 0 aliphatic carbocycles. The largest absolute Gasteiger partial charge is 0.507 e. The first-order valence-corrected chi connectivity index (χ1v) is 46.2. The van der Waals surface area contributed by atoms with Crippen molar-refractivity contribution in [3.63, 3.8) is 0 Å². The van der Waals surface area contributed by atoms with Crippen LogP contribution in [0.15, 0.2) is 425 Å². The Balaban J connectivity index is 0.000000201. The van der Waals surface area contributed by atoms with Crippen LogP contribution < -0.4 is 0 Å². The van der Waals surface area contributed by atoms with Gasteiger partial charge in [-0.1, -0.05) is 432 Å². The summed E-state index contributed by atoms with van der Waals surface area (Å²) in [5.41, 5.74) is 22.4. The van der Waals surface area contributed by atoms with Gasteiger partial charge in [0, 0.05) is 89.4 Å². The van der Waals surface area contributed by atoms with Gasteiger partial charge in [0.25, 0.3) is 0 Å². The van der Waals surface area contributed by atoms with Crippen LogP contribution in [0.5, 0.6) is 11.5 Å². The summed E-state index contributed by atoms with van der Waals surface area (Å²) in [4.78, 5) is 20.4. The van der Waals surface area contributed by atoms with Gasteiger partial charge in [-0.15, -0.1) is 47.5 Å². The van der Waals surface area contributed by atoms with Gasteiger partial charge in [-0.3, -0.25) is 19.1 Å². The van der Waals surface area contributed by atoms with Crippen molar-refractivity contribution in [2.45, 2.75) is 105 Å². The zero-order valence-electron chi connectivity index (χ0n) is 94.6. The van der Waals surface area contributed by atoms with Crippen molar-refractivity contribution in [2.75, 3.05) is 0 Å². The van der Waals surface area contributed by atoms with Gasteiger partial charge in [-0.25, -0.2) is 9.97 Å². The fourth-order valence-electron chi connectivity index (χ4n) is 18.3. The van der Waals surface area contributed by atoms with Gasteiger partial charge in [0.2, 0.25) is 0 Å². The second-order valence-electron chi connectivity index (χ2n) is 37.9. The van der Waals surface area contributed by atoms with E-state index < -0.39 is 85.1 Å². The third-order valence-electron chi connectivity index (χ3n) is 25.3. The summed E-state index contributed by atoms with van der Waals surface area (Å²) in [5, 5.41) is 23.4. The van der Waals surface area contributed by atoms with Gasteiger partial charge < -0.3 is 10.2 Å². The third-order valence-corrected chi connectivity index (χ3v) is 25.3. The van der Waals surface area contributed by atoms with Crippen LogP contribution in [0.2, 0.25) is 0 Å². The number of phenols is 2. The smallest absolute Gasteiger partial charge is 0.148 e. The van der Waals surface area contributed by atoms with Crippen LogP contribution in [0.1, 0.15) is 127 Å². The molecule has 0 atom stereocenters. The Morgan fingerprint density at radius 3 is 1.06 bits per heavy atom. The number of nitrogens with zero attached hydrogens (tertiary/aromatic N) is 6. The van der Waals surface area contributed by atoms with Crippen molar-refractivity contribution in [1.82, 2.24) is 29.1 Å². The Labute approximate surface area is 873 Å². The first kappa shape index (κ1) is 77.0. The van der Waals surface area contributed by atoms with Crippen LogP contribution in [0.25, 0.3) is 201 Å². The first-order chi connectivity index (χ1) is 73.4. The molecule has 0 saturated heterocycles. The molecule has 140 heavy (non-hydrogen) atoms. The van der Waals surface area contributed by atoms with E-state index in [0.717, 1.165) is 117 Å². The maximum atomic E-state index is 11.7. The molecule has 2 N–H and O–H groups in total. The number of fused-ring (bicyclic) bond motifs is 2. The molecule has 10 heteroatoms. The van der Waals surface area contributed by atoms with Crippen molar-refractivity contribution >= 4 is 22.1 Å². The Morgan fingerprint density at radius 2 is 0.636 bits per heavy atom. The number of phenolic OH excluding ortho intramolecular Hbond substituents is 2. The van der Waals surface area contributed by atoms with Gasteiger partial charge in [0.15, 0.2) is 0 Å². The molecule has 0 spiro atoms. The summed E-state index contributed by atoms with van der Waals surface area (Å²) in [6.45, 7) is 8.30. The number of hydrogen-bond acceptors (Lipinski definition) is 6. The zero-order chi connectivity index (χ0) is 109. The molecule has 4 heterocycles. The molecule has 0 aliphatic rings. The minimum atomic E-state index is -3.94. The number of aromatic hydroxyl groups is 2. The summed E-state index contributed by atoms with van der Waals surface area (Å²) < 4.78 is 143. The van der Waals surface area contributed by atoms with Crippen LogP contribution in [0.3, 0.4) is 0 Å². The van der Waals surface area contributed by atoms with Crippen LogP contribution in [-0.4, -0.2) is 39.3 Å². The van der Waals surface area contributed by atoms with E-state index in [0.29, 0.717) is 56.1 Å². The van der Waals surface area contributed by atoms with Crippen molar-refractivity contribution in [2.24, 2.45) is 0 Å². The first-order valence-electron chi connectivity index (χ1n) is 54.2. The monoisotopic (exact) mass is 2190 g/mol. The molecule has 17 aromatic carbocycles. The van der Waals surface area contributed by atoms with Gasteiger partial charge in [0.05, 0.1) is 54.2 Å². The van der Waals surface area contributed by atoms with Gasteiger partial charge in [-0.2, -0.15) is 0 Å². The molecule has 0 amide bonds. The number of rotatable bonds is 17. The molecular formula is C130H108N6O2Pt2-2.